The third-order valence-corrected chi connectivity index (χ3v) is 4.40. The van der Waals surface area contributed by atoms with Crippen LogP contribution >= 0.6 is 0 Å². The van der Waals surface area contributed by atoms with Crippen molar-refractivity contribution in [1.82, 2.24) is 9.88 Å². The molecule has 0 spiro atoms. The number of benzene rings is 1. The number of fused-ring (bicyclic) bond motifs is 1. The Kier molecular flexibility index (Phi) is 5.06. The van der Waals surface area contributed by atoms with Crippen LogP contribution in [0.1, 0.15) is 6.42 Å². The molecule has 2 aliphatic rings. The molecule has 142 valence electrons. The molecule has 1 N–H and O–H groups in total. The molecule has 7 nitrogen and oxygen atoms in total. The Hall–Kier alpha value is -2.87. The Balaban J connectivity index is 1.28. The largest absolute Gasteiger partial charge is 0.486 e. The van der Waals surface area contributed by atoms with Crippen LogP contribution in [0, 0.1) is 5.95 Å². The van der Waals surface area contributed by atoms with E-state index in [1.165, 1.54) is 6.07 Å². The topological polar surface area (TPSA) is 72.9 Å². The van der Waals surface area contributed by atoms with Crippen molar-refractivity contribution in [3.8, 4) is 17.4 Å². The maximum absolute atomic E-state index is 13.1. The van der Waals surface area contributed by atoms with Crippen molar-refractivity contribution in [3.05, 3.63) is 42.3 Å². The second-order valence-electron chi connectivity index (χ2n) is 6.47. The number of rotatable bonds is 5. The number of carbonyl (C=O) groups excluding carboxylic acids is 1. The quantitative estimate of drug-likeness (QED) is 0.809. The van der Waals surface area contributed by atoms with Gasteiger partial charge >= 0.3 is 0 Å². The predicted octanol–water partition coefficient (Wildman–Crippen LogP) is 2.08. The van der Waals surface area contributed by atoms with Crippen LogP contribution in [0.25, 0.3) is 0 Å². The minimum atomic E-state index is -0.568. The number of carbonyl (C=O) groups is 1. The summed E-state index contributed by atoms with van der Waals surface area (Å²) in [6, 6.07) is 9.80. The van der Waals surface area contributed by atoms with Crippen LogP contribution in [0.5, 0.6) is 17.4 Å². The van der Waals surface area contributed by atoms with Gasteiger partial charge in [-0.25, -0.2) is 0 Å². The van der Waals surface area contributed by atoms with Crippen molar-refractivity contribution in [2.45, 2.75) is 12.5 Å². The van der Waals surface area contributed by atoms with Gasteiger partial charge < -0.3 is 19.5 Å². The molecule has 8 heteroatoms. The highest BCUT2D eigenvalue weighted by molar-refractivity contribution is 5.92. The van der Waals surface area contributed by atoms with Crippen molar-refractivity contribution in [2.75, 3.05) is 38.2 Å². The summed E-state index contributed by atoms with van der Waals surface area (Å²) >= 11 is 0. The Morgan fingerprint density at radius 2 is 2.11 bits per heavy atom. The number of pyridine rings is 1. The number of anilines is 1. The van der Waals surface area contributed by atoms with Gasteiger partial charge in [-0.05, 0) is 24.6 Å². The summed E-state index contributed by atoms with van der Waals surface area (Å²) in [4.78, 5) is 18.0. The van der Waals surface area contributed by atoms with Crippen molar-refractivity contribution in [3.63, 3.8) is 0 Å². The van der Waals surface area contributed by atoms with Crippen LogP contribution in [0.2, 0.25) is 0 Å². The second-order valence-corrected chi connectivity index (χ2v) is 6.47. The van der Waals surface area contributed by atoms with Gasteiger partial charge in [-0.1, -0.05) is 6.07 Å². The number of hydrogen-bond acceptors (Lipinski definition) is 6. The monoisotopic (exact) mass is 373 g/mol. The minimum absolute atomic E-state index is 0.110. The van der Waals surface area contributed by atoms with Crippen LogP contribution in [0.3, 0.4) is 0 Å². The van der Waals surface area contributed by atoms with Crippen molar-refractivity contribution >= 4 is 11.6 Å². The molecule has 4 rings (SSSR count). The summed E-state index contributed by atoms with van der Waals surface area (Å²) in [6.45, 7) is 2.61. The molecule has 1 unspecified atom stereocenters. The lowest BCUT2D eigenvalue weighted by Gasteiger charge is -2.19. The molecule has 1 atom stereocenters. The third-order valence-electron chi connectivity index (χ3n) is 4.40. The molecule has 1 aromatic carbocycles. The summed E-state index contributed by atoms with van der Waals surface area (Å²) in [6.07, 6.45) is 0.650. The van der Waals surface area contributed by atoms with E-state index in [0.717, 1.165) is 13.0 Å². The van der Waals surface area contributed by atoms with Crippen molar-refractivity contribution in [2.24, 2.45) is 0 Å². The van der Waals surface area contributed by atoms with Crippen LogP contribution < -0.4 is 19.5 Å². The number of nitrogens with zero attached hydrogens (tertiary/aromatic N) is 2. The average molecular weight is 373 g/mol. The Morgan fingerprint density at radius 1 is 1.26 bits per heavy atom. The van der Waals surface area contributed by atoms with E-state index < -0.39 is 5.95 Å². The zero-order valence-corrected chi connectivity index (χ0v) is 14.7. The molecule has 1 saturated heterocycles. The zero-order chi connectivity index (χ0) is 18.6. The van der Waals surface area contributed by atoms with Gasteiger partial charge in [0.2, 0.25) is 17.7 Å². The first-order chi connectivity index (χ1) is 13.2. The molecule has 0 radical (unpaired) electrons. The number of ether oxygens (including phenoxy) is 3. The van der Waals surface area contributed by atoms with E-state index in [4.69, 9.17) is 14.2 Å². The Bertz CT molecular complexity index is 832. The maximum Gasteiger partial charge on any atom is 0.238 e. The third kappa shape index (κ3) is 4.46. The summed E-state index contributed by atoms with van der Waals surface area (Å²) < 4.78 is 29.8. The molecule has 3 heterocycles. The first-order valence-electron chi connectivity index (χ1n) is 8.87. The molecule has 1 amide bonds. The number of halogens is 1. The van der Waals surface area contributed by atoms with Gasteiger partial charge in [-0.15, -0.1) is 0 Å². The number of likely N-dealkylation sites (tertiary alicyclic amines) is 1. The van der Waals surface area contributed by atoms with Gasteiger partial charge in [0.05, 0.1) is 6.54 Å². The van der Waals surface area contributed by atoms with Gasteiger partial charge in [0, 0.05) is 30.9 Å². The standard InChI is InChI=1S/C19H20FN3O4/c20-17-2-1-3-19(22-17)27-14-6-7-23(11-14)12-18(24)21-13-4-5-15-16(10-13)26-9-8-25-15/h1-5,10,14H,6-9,11-12H2,(H,21,24). The molecule has 1 fully saturated rings. The van der Waals surface area contributed by atoms with Crippen molar-refractivity contribution < 1.29 is 23.4 Å². The normalized spacial score (nSPS) is 18.9. The highest BCUT2D eigenvalue weighted by Gasteiger charge is 2.26. The number of aromatic nitrogens is 1. The fourth-order valence-corrected chi connectivity index (χ4v) is 3.19. The molecule has 0 saturated carbocycles. The van der Waals surface area contributed by atoms with E-state index in [-0.39, 0.29) is 24.4 Å². The van der Waals surface area contributed by atoms with Gasteiger partial charge in [-0.3, -0.25) is 9.69 Å². The fraction of sp³-hybridized carbons (Fsp3) is 0.368. The Morgan fingerprint density at radius 3 is 2.96 bits per heavy atom. The van der Waals surface area contributed by atoms with Crippen LogP contribution in [-0.4, -0.2) is 54.7 Å². The Labute approximate surface area is 156 Å². The summed E-state index contributed by atoms with van der Waals surface area (Å²) in [5.41, 5.74) is 0.667. The lowest BCUT2D eigenvalue weighted by atomic mass is 10.2. The van der Waals surface area contributed by atoms with E-state index in [1.807, 2.05) is 4.90 Å². The molecule has 2 aromatic rings. The van der Waals surface area contributed by atoms with Gasteiger partial charge in [0.1, 0.15) is 19.3 Å². The molecule has 27 heavy (non-hydrogen) atoms. The lowest BCUT2D eigenvalue weighted by molar-refractivity contribution is -0.117. The van der Waals surface area contributed by atoms with Gasteiger partial charge in [0.25, 0.3) is 0 Å². The van der Waals surface area contributed by atoms with Gasteiger partial charge in [0.15, 0.2) is 11.5 Å². The summed E-state index contributed by atoms with van der Waals surface area (Å²) in [5.74, 6) is 0.904. The first-order valence-corrected chi connectivity index (χ1v) is 8.87. The first kappa shape index (κ1) is 17.5. The highest BCUT2D eigenvalue weighted by atomic mass is 19.1. The zero-order valence-electron chi connectivity index (χ0n) is 14.7. The molecular formula is C19H20FN3O4. The molecular weight excluding hydrogens is 353 g/mol. The minimum Gasteiger partial charge on any atom is -0.486 e. The van der Waals surface area contributed by atoms with Gasteiger partial charge in [-0.2, -0.15) is 9.37 Å². The van der Waals surface area contributed by atoms with E-state index >= 15 is 0 Å². The van der Waals surface area contributed by atoms with Crippen LogP contribution in [0.15, 0.2) is 36.4 Å². The van der Waals surface area contributed by atoms with E-state index in [1.54, 1.807) is 30.3 Å². The number of amides is 1. The van der Waals surface area contributed by atoms with E-state index in [0.29, 0.717) is 36.9 Å². The van der Waals surface area contributed by atoms with Crippen molar-refractivity contribution in [1.29, 1.82) is 0 Å². The average Bonchev–Trinajstić information content (AvgIpc) is 3.08. The van der Waals surface area contributed by atoms with Crippen LogP contribution in [0.4, 0.5) is 10.1 Å². The smallest absolute Gasteiger partial charge is 0.238 e. The predicted molar refractivity (Wildman–Crippen MR) is 95.7 cm³/mol. The van der Waals surface area contributed by atoms with E-state index in [9.17, 15) is 9.18 Å². The summed E-state index contributed by atoms with van der Waals surface area (Å²) in [7, 11) is 0. The fourth-order valence-electron chi connectivity index (χ4n) is 3.19. The number of hydrogen-bond donors (Lipinski definition) is 1. The second kappa shape index (κ2) is 7.79. The van der Waals surface area contributed by atoms with E-state index in [2.05, 4.69) is 10.3 Å². The lowest BCUT2D eigenvalue weighted by Crippen LogP contribution is -2.33. The molecule has 2 aliphatic heterocycles. The number of nitrogens with one attached hydrogen (secondary N) is 1. The maximum atomic E-state index is 13.1. The SMILES string of the molecule is O=C(CN1CCC(Oc2cccc(F)n2)C1)Nc1ccc2c(c1)OCCO2. The molecule has 0 bridgehead atoms. The van der Waals surface area contributed by atoms with Crippen LogP contribution in [-0.2, 0) is 4.79 Å². The molecule has 0 aliphatic carbocycles. The summed E-state index contributed by atoms with van der Waals surface area (Å²) in [5, 5.41) is 2.87. The molecule has 1 aromatic heterocycles. The highest BCUT2D eigenvalue weighted by Crippen LogP contribution is 2.32.